The minimum atomic E-state index is 0. The molecule has 2 heteroatoms. The molecule has 0 bridgehead atoms. The molecule has 0 atom stereocenters. The zero-order chi connectivity index (χ0) is 3.41. The maximum absolute atomic E-state index is 3.43. The second-order valence-electron chi connectivity index (χ2n) is 0.443. The molecular formula is C3H6BrF. The molecule has 0 saturated heterocycles. The quantitative estimate of drug-likeness (QED) is 0.385. The predicted molar refractivity (Wildman–Crippen MR) is 26.5 cm³/mol. The summed E-state index contributed by atoms with van der Waals surface area (Å²) in [6.07, 6.45) is 1.79. The number of halogens is 2. The highest BCUT2D eigenvalue weighted by Crippen LogP contribution is 1.73. The Bertz CT molecular complexity index is 20.9. The third-order valence-electron chi connectivity index (χ3n) is 0.109. The molecule has 0 aliphatic carbocycles. The third-order valence-corrected chi connectivity index (χ3v) is 0.567. The fourth-order valence-corrected chi connectivity index (χ4v) is 0. The Balaban J connectivity index is 0. The number of allylic oxidation sites excluding steroid dienone is 1. The smallest absolute Gasteiger partial charge is 0.0209 e. The average Bonchev–Trinajstić information content (AvgIpc) is 1.37. The van der Waals surface area contributed by atoms with Crippen molar-refractivity contribution in [1.29, 1.82) is 0 Å². The molecule has 0 amide bonds. The van der Waals surface area contributed by atoms with Crippen molar-refractivity contribution in [1.82, 2.24) is 0 Å². The summed E-state index contributed by atoms with van der Waals surface area (Å²) >= 11 is 3.13. The van der Waals surface area contributed by atoms with Crippen LogP contribution in [0.25, 0.3) is 0 Å². The van der Waals surface area contributed by atoms with Gasteiger partial charge in [0, 0.05) is 5.33 Å². The molecule has 0 unspecified atom stereocenters. The molecule has 0 radical (unpaired) electrons. The van der Waals surface area contributed by atoms with E-state index in [-0.39, 0.29) is 4.70 Å². The first-order valence-electron chi connectivity index (χ1n) is 1.08. The van der Waals surface area contributed by atoms with Crippen LogP contribution in [0.15, 0.2) is 12.7 Å². The van der Waals surface area contributed by atoms with Crippen molar-refractivity contribution in [2.24, 2.45) is 0 Å². The number of hydrogen-bond donors (Lipinski definition) is 0. The summed E-state index contributed by atoms with van der Waals surface area (Å²) in [5.41, 5.74) is 0. The van der Waals surface area contributed by atoms with E-state index in [1.54, 1.807) is 6.08 Å². The summed E-state index contributed by atoms with van der Waals surface area (Å²) in [7, 11) is 0. The van der Waals surface area contributed by atoms with Crippen LogP contribution in [-0.2, 0) is 0 Å². The standard InChI is InChI=1S/C3H5Br.FH/c1-2-3-4;/h2H,1,3H2;1H. The molecule has 0 aromatic rings. The molecule has 32 valence electrons. The van der Waals surface area contributed by atoms with Crippen molar-refractivity contribution in [3.63, 3.8) is 0 Å². The summed E-state index contributed by atoms with van der Waals surface area (Å²) in [4.78, 5) is 0. The molecule has 0 N–H and O–H groups in total. The van der Waals surface area contributed by atoms with E-state index in [2.05, 4.69) is 22.5 Å². The van der Waals surface area contributed by atoms with E-state index in [0.29, 0.717) is 0 Å². The molecule has 0 aromatic heterocycles. The van der Waals surface area contributed by atoms with E-state index in [1.165, 1.54) is 0 Å². The maximum Gasteiger partial charge on any atom is 0.0209 e. The van der Waals surface area contributed by atoms with Gasteiger partial charge in [-0.2, -0.15) is 0 Å². The van der Waals surface area contributed by atoms with Gasteiger partial charge in [-0.15, -0.1) is 6.58 Å². The molecule has 0 saturated carbocycles. The predicted octanol–water partition coefficient (Wildman–Crippen LogP) is 1.72. The lowest BCUT2D eigenvalue weighted by atomic mass is 10.8. The SMILES string of the molecule is C=CCBr.F. The van der Waals surface area contributed by atoms with E-state index >= 15 is 0 Å². The van der Waals surface area contributed by atoms with Gasteiger partial charge in [0.1, 0.15) is 0 Å². The van der Waals surface area contributed by atoms with Crippen LogP contribution in [-0.4, -0.2) is 5.33 Å². The Morgan fingerprint density at radius 1 is 1.80 bits per heavy atom. The molecule has 0 aromatic carbocycles. The monoisotopic (exact) mass is 140 g/mol. The fraction of sp³-hybridized carbons (Fsp3) is 0.333. The van der Waals surface area contributed by atoms with Gasteiger partial charge in [-0.05, 0) is 0 Å². The zero-order valence-electron chi connectivity index (χ0n) is 2.78. The highest BCUT2D eigenvalue weighted by Gasteiger charge is 1.47. The van der Waals surface area contributed by atoms with Gasteiger partial charge in [-0.25, -0.2) is 0 Å². The molecule has 0 aliphatic rings. The molecular weight excluding hydrogens is 135 g/mol. The van der Waals surface area contributed by atoms with Crippen LogP contribution in [0.5, 0.6) is 0 Å². The second-order valence-corrected chi connectivity index (χ2v) is 1.09. The van der Waals surface area contributed by atoms with Gasteiger partial charge in [0.05, 0.1) is 0 Å². The zero-order valence-corrected chi connectivity index (χ0v) is 4.36. The lowest BCUT2D eigenvalue weighted by Crippen LogP contribution is -1.43. The first-order valence-corrected chi connectivity index (χ1v) is 2.21. The van der Waals surface area contributed by atoms with Crippen LogP contribution < -0.4 is 0 Å². The number of rotatable bonds is 1. The minimum absolute atomic E-state index is 0. The molecule has 0 aliphatic heterocycles. The fourth-order valence-electron chi connectivity index (χ4n) is 0. The van der Waals surface area contributed by atoms with Gasteiger partial charge in [0.15, 0.2) is 0 Å². The minimum Gasteiger partial charge on any atom is -0.269 e. The Hall–Kier alpha value is 0.150. The third kappa shape index (κ3) is 14.5. The van der Waals surface area contributed by atoms with Gasteiger partial charge >= 0.3 is 0 Å². The Kier molecular flexibility index (Phi) is 15.9. The van der Waals surface area contributed by atoms with Crippen molar-refractivity contribution in [3.8, 4) is 0 Å². The first kappa shape index (κ1) is 8.94. The summed E-state index contributed by atoms with van der Waals surface area (Å²) in [5, 5.41) is 0.896. The van der Waals surface area contributed by atoms with Crippen LogP contribution in [0, 0.1) is 0 Å². The average molecular weight is 141 g/mol. The summed E-state index contributed by atoms with van der Waals surface area (Å²) in [6, 6.07) is 0. The molecule has 5 heavy (non-hydrogen) atoms. The van der Waals surface area contributed by atoms with Crippen LogP contribution in [0.3, 0.4) is 0 Å². The highest BCUT2D eigenvalue weighted by molar-refractivity contribution is 9.09. The van der Waals surface area contributed by atoms with E-state index in [1.807, 2.05) is 0 Å². The first-order chi connectivity index (χ1) is 1.91. The van der Waals surface area contributed by atoms with Gasteiger partial charge in [0.2, 0.25) is 0 Å². The Morgan fingerprint density at radius 3 is 2.00 bits per heavy atom. The van der Waals surface area contributed by atoms with Crippen molar-refractivity contribution in [2.75, 3.05) is 5.33 Å². The van der Waals surface area contributed by atoms with Crippen LogP contribution in [0.2, 0.25) is 0 Å². The Morgan fingerprint density at radius 2 is 2.00 bits per heavy atom. The Labute approximate surface area is 39.4 Å². The van der Waals surface area contributed by atoms with Crippen molar-refractivity contribution in [2.45, 2.75) is 0 Å². The van der Waals surface area contributed by atoms with Gasteiger partial charge in [-0.1, -0.05) is 22.0 Å². The largest absolute Gasteiger partial charge is 0.269 e. The van der Waals surface area contributed by atoms with E-state index < -0.39 is 0 Å². The maximum atomic E-state index is 3.43. The molecule has 0 rings (SSSR count). The van der Waals surface area contributed by atoms with E-state index in [0.717, 1.165) is 5.33 Å². The lowest BCUT2D eigenvalue weighted by Gasteiger charge is -1.55. The van der Waals surface area contributed by atoms with Gasteiger partial charge in [0.25, 0.3) is 0 Å². The van der Waals surface area contributed by atoms with Gasteiger partial charge < -0.3 is 0 Å². The van der Waals surface area contributed by atoms with Crippen molar-refractivity contribution >= 4 is 15.9 Å². The number of hydrogen-bond acceptors (Lipinski definition) is 0. The molecule has 0 fully saturated rings. The van der Waals surface area contributed by atoms with Crippen LogP contribution in [0.4, 0.5) is 4.70 Å². The van der Waals surface area contributed by atoms with E-state index in [4.69, 9.17) is 0 Å². The second kappa shape index (κ2) is 8.91. The highest BCUT2D eigenvalue weighted by atomic mass is 79.9. The molecule has 0 nitrogen and oxygen atoms in total. The molecule has 0 spiro atoms. The van der Waals surface area contributed by atoms with Crippen LogP contribution in [0.1, 0.15) is 0 Å². The summed E-state index contributed by atoms with van der Waals surface area (Å²) < 4.78 is 0. The topological polar surface area (TPSA) is 0 Å². The summed E-state index contributed by atoms with van der Waals surface area (Å²) in [6.45, 7) is 3.43. The van der Waals surface area contributed by atoms with Crippen molar-refractivity contribution < 1.29 is 4.70 Å². The number of alkyl halides is 1. The lowest BCUT2D eigenvalue weighted by molar-refractivity contribution is 1.11. The normalized spacial score (nSPS) is 5.00. The summed E-state index contributed by atoms with van der Waals surface area (Å²) in [5.74, 6) is 0. The van der Waals surface area contributed by atoms with Crippen LogP contribution >= 0.6 is 15.9 Å². The molecule has 0 heterocycles. The van der Waals surface area contributed by atoms with Gasteiger partial charge in [-0.3, -0.25) is 4.70 Å². The van der Waals surface area contributed by atoms with Crippen molar-refractivity contribution in [3.05, 3.63) is 12.7 Å². The van der Waals surface area contributed by atoms with E-state index in [9.17, 15) is 0 Å².